The Balaban J connectivity index is 2.02. The molecule has 0 saturated heterocycles. The molecule has 1 heterocycles. The molecular formula is C17H23N3O. The Kier molecular flexibility index (Phi) is 4.46. The van der Waals surface area contributed by atoms with Crippen LogP contribution in [0.5, 0.6) is 0 Å². The fraction of sp³-hybridized carbons (Fsp3) is 0.412. The molecule has 1 N–H and O–H groups in total. The van der Waals surface area contributed by atoms with Gasteiger partial charge in [0.05, 0.1) is 18.2 Å². The molecule has 112 valence electrons. The first-order valence-corrected chi connectivity index (χ1v) is 7.26. The Morgan fingerprint density at radius 1 is 1.19 bits per heavy atom. The minimum absolute atomic E-state index is 0.0176. The number of carbonyl (C=O) groups is 1. The summed E-state index contributed by atoms with van der Waals surface area (Å²) in [6.45, 7) is 10.6. The average molecular weight is 285 g/mol. The molecule has 0 bridgehead atoms. The van der Waals surface area contributed by atoms with Gasteiger partial charge in [-0.15, -0.1) is 0 Å². The van der Waals surface area contributed by atoms with Crippen molar-refractivity contribution in [1.29, 1.82) is 0 Å². The van der Waals surface area contributed by atoms with Crippen molar-refractivity contribution in [3.8, 4) is 0 Å². The molecule has 2 rings (SSSR count). The molecule has 1 amide bonds. The summed E-state index contributed by atoms with van der Waals surface area (Å²) in [5.74, 6) is -0.118. The van der Waals surface area contributed by atoms with Crippen LogP contribution < -0.4 is 5.32 Å². The molecule has 0 aliphatic rings. The maximum atomic E-state index is 12.3. The zero-order valence-corrected chi connectivity index (χ0v) is 13.4. The van der Waals surface area contributed by atoms with Gasteiger partial charge in [0.15, 0.2) is 0 Å². The predicted molar refractivity (Wildman–Crippen MR) is 85.4 cm³/mol. The fourth-order valence-corrected chi connectivity index (χ4v) is 2.21. The van der Waals surface area contributed by atoms with Crippen LogP contribution in [0.3, 0.4) is 0 Å². The molecule has 21 heavy (non-hydrogen) atoms. The Labute approximate surface area is 126 Å². The molecule has 0 fully saturated rings. The highest BCUT2D eigenvalue weighted by Gasteiger charge is 2.16. The lowest BCUT2D eigenvalue weighted by Gasteiger charge is -2.13. The largest absolute Gasteiger partial charge is 0.326 e. The monoisotopic (exact) mass is 285 g/mol. The molecule has 0 aliphatic heterocycles. The van der Waals surface area contributed by atoms with E-state index >= 15 is 0 Å². The third kappa shape index (κ3) is 3.51. The number of nitrogens with one attached hydrogen (secondary N) is 1. The minimum Gasteiger partial charge on any atom is -0.326 e. The Morgan fingerprint density at radius 2 is 1.81 bits per heavy atom. The second kappa shape index (κ2) is 6.12. The van der Waals surface area contributed by atoms with Crippen LogP contribution in [0.4, 0.5) is 5.69 Å². The number of hydrogen-bond donors (Lipinski definition) is 1. The topological polar surface area (TPSA) is 46.9 Å². The number of nitrogens with zero attached hydrogens (tertiary/aromatic N) is 2. The molecule has 1 aromatic carbocycles. The van der Waals surface area contributed by atoms with Crippen LogP contribution in [0.1, 0.15) is 29.4 Å². The molecule has 4 heteroatoms. The highest BCUT2D eigenvalue weighted by atomic mass is 16.1. The maximum Gasteiger partial charge on any atom is 0.229 e. The zero-order chi connectivity index (χ0) is 15.6. The van der Waals surface area contributed by atoms with Crippen molar-refractivity contribution in [3.63, 3.8) is 0 Å². The van der Waals surface area contributed by atoms with E-state index < -0.39 is 0 Å². The van der Waals surface area contributed by atoms with Crippen LogP contribution in [0.25, 0.3) is 0 Å². The van der Waals surface area contributed by atoms with Gasteiger partial charge in [-0.25, -0.2) is 0 Å². The number of aromatic nitrogens is 2. The SMILES string of the molecule is Cc1ccc(NC(=O)[C@H](C)Cn2nc(C)c(C)c2C)cc1. The van der Waals surface area contributed by atoms with Gasteiger partial charge in [0, 0.05) is 11.4 Å². The molecular weight excluding hydrogens is 262 g/mol. The Morgan fingerprint density at radius 3 is 2.33 bits per heavy atom. The van der Waals surface area contributed by atoms with E-state index in [1.165, 1.54) is 11.1 Å². The quantitative estimate of drug-likeness (QED) is 0.936. The second-order valence-electron chi connectivity index (χ2n) is 5.73. The minimum atomic E-state index is -0.135. The molecule has 0 saturated carbocycles. The van der Waals surface area contributed by atoms with Crippen molar-refractivity contribution in [2.24, 2.45) is 5.92 Å². The van der Waals surface area contributed by atoms with Gasteiger partial charge in [-0.3, -0.25) is 9.48 Å². The average Bonchev–Trinajstić information content (AvgIpc) is 2.69. The first-order chi connectivity index (χ1) is 9.88. The lowest BCUT2D eigenvalue weighted by molar-refractivity contribution is -0.119. The van der Waals surface area contributed by atoms with Gasteiger partial charge in [-0.05, 0) is 45.4 Å². The van der Waals surface area contributed by atoms with Crippen LogP contribution in [0, 0.1) is 33.6 Å². The van der Waals surface area contributed by atoms with E-state index in [0.717, 1.165) is 17.1 Å². The number of anilines is 1. The first kappa shape index (κ1) is 15.3. The van der Waals surface area contributed by atoms with E-state index in [1.807, 2.05) is 56.6 Å². The Hall–Kier alpha value is -2.10. The van der Waals surface area contributed by atoms with E-state index in [0.29, 0.717) is 6.54 Å². The molecule has 1 atom stereocenters. The summed E-state index contributed by atoms with van der Waals surface area (Å²) in [6.07, 6.45) is 0. The molecule has 0 unspecified atom stereocenters. The van der Waals surface area contributed by atoms with Crippen molar-refractivity contribution < 1.29 is 4.79 Å². The number of amides is 1. The summed E-state index contributed by atoms with van der Waals surface area (Å²) in [6, 6.07) is 7.83. The van der Waals surface area contributed by atoms with Gasteiger partial charge < -0.3 is 5.32 Å². The lowest BCUT2D eigenvalue weighted by Crippen LogP contribution is -2.25. The Bertz CT molecular complexity index is 641. The summed E-state index contributed by atoms with van der Waals surface area (Å²) in [5, 5.41) is 7.44. The zero-order valence-electron chi connectivity index (χ0n) is 13.4. The van der Waals surface area contributed by atoms with Gasteiger partial charge in [-0.2, -0.15) is 5.10 Å². The summed E-state index contributed by atoms with van der Waals surface area (Å²) < 4.78 is 1.92. The van der Waals surface area contributed by atoms with Crippen LogP contribution in [-0.4, -0.2) is 15.7 Å². The summed E-state index contributed by atoms with van der Waals surface area (Å²) in [5.41, 5.74) is 5.36. The lowest BCUT2D eigenvalue weighted by atomic mass is 10.1. The van der Waals surface area contributed by atoms with Crippen molar-refractivity contribution in [2.75, 3.05) is 5.32 Å². The number of aryl methyl sites for hydroxylation is 2. The van der Waals surface area contributed by atoms with Crippen molar-refractivity contribution in [2.45, 2.75) is 41.2 Å². The molecule has 2 aromatic rings. The number of benzene rings is 1. The van der Waals surface area contributed by atoms with Crippen LogP contribution in [0.15, 0.2) is 24.3 Å². The molecule has 1 aromatic heterocycles. The van der Waals surface area contributed by atoms with E-state index in [9.17, 15) is 4.79 Å². The summed E-state index contributed by atoms with van der Waals surface area (Å²) in [4.78, 5) is 12.3. The number of hydrogen-bond acceptors (Lipinski definition) is 2. The third-order valence-corrected chi connectivity index (χ3v) is 3.96. The normalized spacial score (nSPS) is 12.2. The van der Waals surface area contributed by atoms with E-state index in [2.05, 4.69) is 17.3 Å². The maximum absolute atomic E-state index is 12.3. The van der Waals surface area contributed by atoms with Gasteiger partial charge in [0.2, 0.25) is 5.91 Å². The van der Waals surface area contributed by atoms with Gasteiger partial charge in [0.25, 0.3) is 0 Å². The molecule has 0 aliphatic carbocycles. The third-order valence-electron chi connectivity index (χ3n) is 3.96. The van der Waals surface area contributed by atoms with Crippen LogP contribution >= 0.6 is 0 Å². The molecule has 4 nitrogen and oxygen atoms in total. The van der Waals surface area contributed by atoms with Gasteiger partial charge in [0.1, 0.15) is 0 Å². The highest BCUT2D eigenvalue weighted by Crippen LogP contribution is 2.15. The summed E-state index contributed by atoms with van der Waals surface area (Å²) in [7, 11) is 0. The van der Waals surface area contributed by atoms with Crippen LogP contribution in [-0.2, 0) is 11.3 Å². The summed E-state index contributed by atoms with van der Waals surface area (Å²) >= 11 is 0. The van der Waals surface area contributed by atoms with Crippen molar-refractivity contribution >= 4 is 11.6 Å². The molecule has 0 spiro atoms. The van der Waals surface area contributed by atoms with E-state index in [1.54, 1.807) is 0 Å². The van der Waals surface area contributed by atoms with Gasteiger partial charge in [-0.1, -0.05) is 24.6 Å². The van der Waals surface area contributed by atoms with Gasteiger partial charge >= 0.3 is 0 Å². The standard InChI is InChI=1S/C17H23N3O/c1-11-6-8-16(9-7-11)18-17(21)12(2)10-20-15(5)13(3)14(4)19-20/h6-9,12H,10H2,1-5H3,(H,18,21)/t12-/m1/s1. The molecule has 0 radical (unpaired) electrons. The van der Waals surface area contributed by atoms with Crippen molar-refractivity contribution in [1.82, 2.24) is 9.78 Å². The van der Waals surface area contributed by atoms with E-state index in [-0.39, 0.29) is 11.8 Å². The highest BCUT2D eigenvalue weighted by molar-refractivity contribution is 5.92. The number of rotatable bonds is 4. The first-order valence-electron chi connectivity index (χ1n) is 7.26. The van der Waals surface area contributed by atoms with E-state index in [4.69, 9.17) is 0 Å². The van der Waals surface area contributed by atoms with Crippen molar-refractivity contribution in [3.05, 3.63) is 46.8 Å². The van der Waals surface area contributed by atoms with Crippen LogP contribution in [0.2, 0.25) is 0 Å². The number of carbonyl (C=O) groups excluding carboxylic acids is 1. The smallest absolute Gasteiger partial charge is 0.229 e. The predicted octanol–water partition coefficient (Wildman–Crippen LogP) is 3.39. The fourth-order valence-electron chi connectivity index (χ4n) is 2.21. The second-order valence-corrected chi connectivity index (χ2v) is 5.73.